The second-order valence-electron chi connectivity index (χ2n) is 28.0. The number of anilines is 3. The number of amides is 6. The van der Waals surface area contributed by atoms with Crippen LogP contribution in [0.15, 0.2) is 140 Å². The van der Waals surface area contributed by atoms with Gasteiger partial charge in [0.15, 0.2) is 0 Å². The minimum absolute atomic E-state index is 0.00169. The summed E-state index contributed by atoms with van der Waals surface area (Å²) in [5.41, 5.74) is 6.19. The van der Waals surface area contributed by atoms with E-state index in [-0.39, 0.29) is 57.4 Å². The van der Waals surface area contributed by atoms with Crippen molar-refractivity contribution in [2.45, 2.75) is 139 Å². The zero-order valence-corrected chi connectivity index (χ0v) is 60.6. The quantitative estimate of drug-likeness (QED) is 0.0586. The summed E-state index contributed by atoms with van der Waals surface area (Å²) >= 11 is 24.1. The van der Waals surface area contributed by atoms with Crippen molar-refractivity contribution in [3.05, 3.63) is 205 Å². The Hall–Kier alpha value is -7.32. The van der Waals surface area contributed by atoms with Crippen LogP contribution < -0.4 is 16.0 Å². The molecule has 7 aliphatic rings. The molecule has 0 spiro atoms. The third-order valence-electron chi connectivity index (χ3n) is 21.2. The topological polar surface area (TPSA) is 151 Å². The summed E-state index contributed by atoms with van der Waals surface area (Å²) in [6, 6.07) is 36.1. The van der Waals surface area contributed by atoms with Gasteiger partial charge in [0.2, 0.25) is 0 Å². The van der Waals surface area contributed by atoms with E-state index in [9.17, 15) is 51.1 Å². The summed E-state index contributed by atoms with van der Waals surface area (Å²) in [6.07, 6.45) is 14.1. The van der Waals surface area contributed by atoms with Crippen LogP contribution in [0.2, 0.25) is 20.1 Å². The number of nitrogens with zero attached hydrogens (tertiary/aromatic N) is 7. The second-order valence-corrected chi connectivity index (χ2v) is 29.7. The van der Waals surface area contributed by atoms with Gasteiger partial charge in [0, 0.05) is 91.0 Å². The third kappa shape index (κ3) is 20.8. The number of benzene rings is 6. The molecule has 3 saturated heterocycles. The lowest BCUT2D eigenvalue weighted by atomic mass is 9.80. The predicted molar refractivity (Wildman–Crippen MR) is 397 cm³/mol. The third-order valence-corrected chi connectivity index (χ3v) is 22.3. The van der Waals surface area contributed by atoms with E-state index in [1.54, 1.807) is 4.90 Å². The van der Waals surface area contributed by atoms with Crippen molar-refractivity contribution in [3.63, 3.8) is 0 Å². The fourth-order valence-corrected chi connectivity index (χ4v) is 16.3. The fraction of sp³-hybridized carbons (Fsp3) is 0.443. The molecule has 0 radical (unpaired) electrons. The van der Waals surface area contributed by atoms with Gasteiger partial charge in [-0.15, -0.1) is 0 Å². The zero-order chi connectivity index (χ0) is 72.8. The van der Waals surface area contributed by atoms with Crippen LogP contribution in [0.4, 0.5) is 57.8 Å². The lowest BCUT2D eigenvalue weighted by Crippen LogP contribution is -2.47. The molecule has 5 fully saturated rings. The Balaban J connectivity index is 0.000000155. The van der Waals surface area contributed by atoms with Gasteiger partial charge in [0.1, 0.15) is 17.5 Å². The number of carbonyl (C=O) groups is 3. The SMILES string of the molecule is N#Cc1cccc([C@@]23CC[C@@H](N(CCCN4CC[C@@H](O)C4)C(=O)Nc4ccc(F)c(Cl)c4)CC2C3)c1.O=C(Nc1ccc(F)c(C(F)(F)F)c1)N(CCN1CCCC1)C1CC=C(c2cccc(Cl)c2)CC1.O=C(Nc1ccc(F)c(Cl)c1)N(CCN1CCCC1)C1CC=C(c2cccc(Cl)c2)CC1. The van der Waals surface area contributed by atoms with Crippen LogP contribution >= 0.6 is 46.4 Å². The molecule has 6 atom stereocenters. The Bertz CT molecular complexity index is 4060. The molecule has 548 valence electrons. The first-order valence-corrected chi connectivity index (χ1v) is 37.3. The number of aliphatic hydroxyl groups excluding tert-OH is 1. The number of β-amino-alcohol motifs (C(OH)–C–C–N with tert-alkyl or cyclic N) is 1. The van der Waals surface area contributed by atoms with Crippen LogP contribution in [0, 0.1) is 34.7 Å². The molecule has 6 amide bonds. The van der Waals surface area contributed by atoms with Crippen LogP contribution in [0.3, 0.4) is 0 Å². The Kier molecular flexibility index (Phi) is 26.6. The molecule has 14 nitrogen and oxygen atoms in total. The highest BCUT2D eigenvalue weighted by Gasteiger charge is 2.58. The van der Waals surface area contributed by atoms with Crippen molar-refractivity contribution >= 4 is 92.7 Å². The average Bonchev–Trinajstić information content (AvgIpc) is 1.56. The Labute approximate surface area is 619 Å². The molecule has 3 unspecified atom stereocenters. The van der Waals surface area contributed by atoms with E-state index in [2.05, 4.69) is 61.0 Å². The lowest BCUT2D eigenvalue weighted by Gasteiger charge is -2.37. The minimum atomic E-state index is -4.84. The number of hydrogen-bond donors (Lipinski definition) is 4. The van der Waals surface area contributed by atoms with Gasteiger partial charge in [0.25, 0.3) is 0 Å². The van der Waals surface area contributed by atoms with Gasteiger partial charge in [-0.1, -0.05) is 95.0 Å². The molecule has 0 aromatic heterocycles. The Morgan fingerprint density at radius 1 is 0.563 bits per heavy atom. The van der Waals surface area contributed by atoms with Gasteiger partial charge in [0.05, 0.1) is 33.3 Å². The summed E-state index contributed by atoms with van der Waals surface area (Å²) in [6.45, 7) is 9.84. The van der Waals surface area contributed by atoms with E-state index < -0.39 is 35.2 Å². The highest BCUT2D eigenvalue weighted by Crippen LogP contribution is 2.63. The number of likely N-dealkylation sites (tertiary alicyclic amines) is 3. The number of aliphatic hydroxyl groups is 1. The molecule has 0 bridgehead atoms. The highest BCUT2D eigenvalue weighted by atomic mass is 35.5. The molecule has 13 rings (SSSR count). The molecule has 2 saturated carbocycles. The summed E-state index contributed by atoms with van der Waals surface area (Å²) in [7, 11) is 0. The standard InChI is InChI=1S/C28H32ClFN4O2.C26H28ClF4N3O.C25H28Cl2FN3O/c29-25-15-22(5-6-26(25)30)32-27(36)34(11-2-10-33-12-8-24(35)18-33)23-7-9-28(16-21(28)14-23)20-4-1-3-19(13-20)17-31;27-20-5-3-4-19(16-20)18-6-9-22(10-7-18)34(15-14-33-12-1-2-13-33)25(35)32-21-8-11-24(28)23(17-21)26(29,30)31;26-20-5-3-4-19(16-20)18-6-9-22(10-7-18)31(15-14-30-12-1-2-13-30)25(32)29-21-8-11-24(28)23(27)17-21/h1,3-6,13,15,21,23-24,35H,2,7-12,14,16,18H2,(H,32,36);3-6,8,11,16-17,22H,1-2,7,9-10,12-15H2,(H,32,35);3-6,8,11,16-17,22H,1-2,7,9-10,12-15H2,(H,29,32)/t21?,23-,24-,28+;;/m1../s1. The van der Waals surface area contributed by atoms with Gasteiger partial charge < -0.3 is 50.5 Å². The maximum atomic E-state index is 13.7. The number of fused-ring (bicyclic) bond motifs is 1. The predicted octanol–water partition coefficient (Wildman–Crippen LogP) is 18.9. The number of carbonyl (C=O) groups excluding carboxylic acids is 3. The smallest absolute Gasteiger partial charge is 0.392 e. The number of hydrogen-bond acceptors (Lipinski definition) is 8. The fourth-order valence-electron chi connectivity index (χ4n) is 15.5. The van der Waals surface area contributed by atoms with Crippen LogP contribution in [0.1, 0.15) is 131 Å². The number of halogens is 10. The van der Waals surface area contributed by atoms with E-state index in [4.69, 9.17) is 46.4 Å². The van der Waals surface area contributed by atoms with Crippen molar-refractivity contribution in [1.29, 1.82) is 5.26 Å². The van der Waals surface area contributed by atoms with E-state index in [0.717, 1.165) is 163 Å². The summed E-state index contributed by atoms with van der Waals surface area (Å²) in [5, 5.41) is 28.9. The summed E-state index contributed by atoms with van der Waals surface area (Å²) in [4.78, 5) is 52.4. The summed E-state index contributed by atoms with van der Waals surface area (Å²) in [5.74, 6) is -1.89. The van der Waals surface area contributed by atoms with Gasteiger partial charge in [-0.05, 0) is 266 Å². The maximum absolute atomic E-state index is 13.7. The van der Waals surface area contributed by atoms with Gasteiger partial charge >= 0.3 is 24.3 Å². The molecule has 3 heterocycles. The molecule has 6 aromatic rings. The first kappa shape index (κ1) is 76.8. The van der Waals surface area contributed by atoms with Crippen LogP contribution in [-0.4, -0.2) is 155 Å². The first-order valence-electron chi connectivity index (χ1n) is 35.8. The molecule has 103 heavy (non-hydrogen) atoms. The van der Waals surface area contributed by atoms with Crippen LogP contribution in [0.25, 0.3) is 11.1 Å². The molecule has 4 N–H and O–H groups in total. The normalized spacial score (nSPS) is 21.8. The molecular formula is C79H88Cl4F6N10O4. The number of rotatable bonds is 19. The molecule has 3 aliphatic heterocycles. The van der Waals surface area contributed by atoms with Crippen molar-refractivity contribution in [3.8, 4) is 6.07 Å². The van der Waals surface area contributed by atoms with Crippen molar-refractivity contribution in [1.82, 2.24) is 29.4 Å². The maximum Gasteiger partial charge on any atom is 0.419 e. The minimum Gasteiger partial charge on any atom is -0.392 e. The number of nitriles is 1. The largest absolute Gasteiger partial charge is 0.419 e. The van der Waals surface area contributed by atoms with Gasteiger partial charge in [-0.2, -0.15) is 18.4 Å². The Morgan fingerprint density at radius 2 is 1.06 bits per heavy atom. The molecule has 24 heteroatoms. The van der Waals surface area contributed by atoms with Crippen molar-refractivity contribution in [2.24, 2.45) is 5.92 Å². The monoisotopic (exact) mass is 1490 g/mol. The summed E-state index contributed by atoms with van der Waals surface area (Å²) < 4.78 is 80.2. The Morgan fingerprint density at radius 3 is 1.50 bits per heavy atom. The lowest BCUT2D eigenvalue weighted by molar-refractivity contribution is -0.139. The molecule has 6 aromatic carbocycles. The van der Waals surface area contributed by atoms with E-state index in [1.807, 2.05) is 70.5 Å². The van der Waals surface area contributed by atoms with Crippen LogP contribution in [0.5, 0.6) is 0 Å². The number of nitrogens with one attached hydrogen (secondary N) is 3. The van der Waals surface area contributed by atoms with Gasteiger partial charge in [-0.25, -0.2) is 27.6 Å². The average molecular weight is 1500 g/mol. The van der Waals surface area contributed by atoms with E-state index in [1.165, 1.54) is 60.4 Å². The van der Waals surface area contributed by atoms with Gasteiger partial charge in [-0.3, -0.25) is 0 Å². The molecular weight excluding hydrogens is 1410 g/mol. The first-order chi connectivity index (χ1) is 49.6. The van der Waals surface area contributed by atoms with E-state index >= 15 is 0 Å². The van der Waals surface area contributed by atoms with Crippen LogP contribution in [-0.2, 0) is 11.6 Å². The zero-order valence-electron chi connectivity index (χ0n) is 57.5. The van der Waals surface area contributed by atoms with Crippen molar-refractivity contribution < 1.29 is 45.8 Å². The number of alkyl halides is 3. The number of allylic oxidation sites excluding steroid dienone is 2. The number of urea groups is 3. The highest BCUT2D eigenvalue weighted by molar-refractivity contribution is 6.32. The van der Waals surface area contributed by atoms with E-state index in [0.29, 0.717) is 73.1 Å². The molecule has 4 aliphatic carbocycles. The second kappa shape index (κ2) is 35.6. The van der Waals surface area contributed by atoms with Crippen molar-refractivity contribution in [2.75, 3.05) is 94.5 Å².